The van der Waals surface area contributed by atoms with Crippen LogP contribution in [0.1, 0.15) is 31.6 Å². The van der Waals surface area contributed by atoms with E-state index in [1.54, 1.807) is 6.08 Å². The SMILES string of the molecule is C=CCOc1ccc([C@H]2C(C#N)=C(N)Oc3c2sc(C)c3C(=O)OC)cc1. The number of nitrogens with two attached hydrogens (primary N) is 1. The van der Waals surface area contributed by atoms with E-state index in [4.69, 9.17) is 19.9 Å². The van der Waals surface area contributed by atoms with Crippen molar-refractivity contribution in [2.24, 2.45) is 5.73 Å². The van der Waals surface area contributed by atoms with Crippen molar-refractivity contribution in [1.82, 2.24) is 0 Å². The summed E-state index contributed by atoms with van der Waals surface area (Å²) in [5, 5.41) is 9.63. The van der Waals surface area contributed by atoms with Crippen LogP contribution in [-0.2, 0) is 4.74 Å². The molecule has 1 aliphatic rings. The van der Waals surface area contributed by atoms with Gasteiger partial charge in [-0.05, 0) is 24.6 Å². The number of methoxy groups -OCH3 is 1. The maximum Gasteiger partial charge on any atom is 0.342 e. The second kappa shape index (κ2) is 7.56. The molecular weight excluding hydrogens is 364 g/mol. The molecule has 0 bridgehead atoms. The molecule has 3 rings (SSSR count). The number of nitriles is 1. The summed E-state index contributed by atoms with van der Waals surface area (Å²) >= 11 is 1.39. The third-order valence-corrected chi connectivity index (χ3v) is 5.34. The van der Waals surface area contributed by atoms with E-state index in [1.165, 1.54) is 18.4 Å². The highest BCUT2D eigenvalue weighted by Crippen LogP contribution is 2.49. The average Bonchev–Trinajstić information content (AvgIpc) is 3.00. The summed E-state index contributed by atoms with van der Waals surface area (Å²) in [6.07, 6.45) is 1.67. The summed E-state index contributed by atoms with van der Waals surface area (Å²) in [5.41, 5.74) is 7.50. The van der Waals surface area contributed by atoms with Crippen molar-refractivity contribution in [3.63, 3.8) is 0 Å². The first-order chi connectivity index (χ1) is 13.0. The van der Waals surface area contributed by atoms with Crippen LogP contribution < -0.4 is 15.2 Å². The summed E-state index contributed by atoms with van der Waals surface area (Å²) in [5.74, 6) is 0.126. The number of carbonyl (C=O) groups is 1. The minimum atomic E-state index is -0.495. The molecule has 1 aromatic heterocycles. The molecule has 1 aliphatic heterocycles. The Hall–Kier alpha value is -3.24. The van der Waals surface area contributed by atoms with Crippen molar-refractivity contribution < 1.29 is 19.0 Å². The van der Waals surface area contributed by atoms with Crippen LogP contribution in [0.25, 0.3) is 0 Å². The number of esters is 1. The molecule has 2 N–H and O–H groups in total. The van der Waals surface area contributed by atoms with Gasteiger partial charge in [0.25, 0.3) is 0 Å². The van der Waals surface area contributed by atoms with E-state index in [2.05, 4.69) is 12.6 Å². The second-order valence-electron chi connectivity index (χ2n) is 5.81. The Morgan fingerprint density at radius 1 is 1.44 bits per heavy atom. The standard InChI is InChI=1S/C20H18N2O4S/c1-4-9-25-13-7-5-12(6-8-13)16-14(10-21)19(22)26-17-15(20(23)24-3)11(2)27-18(16)17/h4-8,16H,1,9,22H2,2-3H3/t16-/m0/s1. The molecule has 1 atom stereocenters. The molecule has 0 radical (unpaired) electrons. The van der Waals surface area contributed by atoms with Gasteiger partial charge in [0.15, 0.2) is 5.75 Å². The quantitative estimate of drug-likeness (QED) is 0.627. The number of ether oxygens (including phenoxy) is 3. The predicted octanol–water partition coefficient (Wildman–Crippen LogP) is 3.63. The van der Waals surface area contributed by atoms with E-state index >= 15 is 0 Å². The zero-order valence-corrected chi connectivity index (χ0v) is 15.8. The monoisotopic (exact) mass is 382 g/mol. The lowest BCUT2D eigenvalue weighted by atomic mass is 9.88. The molecule has 27 heavy (non-hydrogen) atoms. The highest BCUT2D eigenvalue weighted by Gasteiger charge is 2.37. The molecule has 0 aliphatic carbocycles. The van der Waals surface area contributed by atoms with Crippen LogP contribution in [0.3, 0.4) is 0 Å². The van der Waals surface area contributed by atoms with Crippen LogP contribution in [-0.4, -0.2) is 19.7 Å². The number of nitrogens with zero attached hydrogens (tertiary/aromatic N) is 1. The smallest absolute Gasteiger partial charge is 0.342 e. The first-order valence-electron chi connectivity index (χ1n) is 8.14. The van der Waals surface area contributed by atoms with Crippen molar-refractivity contribution >= 4 is 17.3 Å². The van der Waals surface area contributed by atoms with E-state index in [1.807, 2.05) is 31.2 Å². The Balaban J connectivity index is 2.10. The van der Waals surface area contributed by atoms with Gasteiger partial charge >= 0.3 is 5.97 Å². The van der Waals surface area contributed by atoms with Crippen LogP contribution in [0.15, 0.2) is 48.4 Å². The van der Waals surface area contributed by atoms with Crippen LogP contribution in [0.4, 0.5) is 0 Å². The summed E-state index contributed by atoms with van der Waals surface area (Å²) in [4.78, 5) is 13.7. The van der Waals surface area contributed by atoms with Crippen LogP contribution in [0.2, 0.25) is 0 Å². The zero-order chi connectivity index (χ0) is 19.6. The lowest BCUT2D eigenvalue weighted by Gasteiger charge is -2.24. The first kappa shape index (κ1) is 18.5. The van der Waals surface area contributed by atoms with Gasteiger partial charge in [0.2, 0.25) is 5.88 Å². The highest BCUT2D eigenvalue weighted by atomic mass is 32.1. The predicted molar refractivity (Wildman–Crippen MR) is 102 cm³/mol. The van der Waals surface area contributed by atoms with E-state index in [0.717, 1.165) is 15.3 Å². The molecule has 1 aromatic carbocycles. The molecule has 0 spiro atoms. The normalized spacial score (nSPS) is 15.4. The van der Waals surface area contributed by atoms with Gasteiger partial charge < -0.3 is 19.9 Å². The number of hydrogen-bond donors (Lipinski definition) is 1. The summed E-state index contributed by atoms with van der Waals surface area (Å²) in [6.45, 7) is 5.84. The second-order valence-corrected chi connectivity index (χ2v) is 7.07. The fourth-order valence-electron chi connectivity index (χ4n) is 2.96. The van der Waals surface area contributed by atoms with Crippen LogP contribution in [0, 0.1) is 18.3 Å². The largest absolute Gasteiger partial charge is 0.490 e. The molecule has 7 heteroatoms. The third kappa shape index (κ3) is 3.27. The Bertz CT molecular complexity index is 967. The van der Waals surface area contributed by atoms with Crippen molar-refractivity contribution in [3.05, 3.63) is 69.3 Å². The van der Waals surface area contributed by atoms with Crippen molar-refractivity contribution in [2.45, 2.75) is 12.8 Å². The number of rotatable bonds is 5. The van der Waals surface area contributed by atoms with E-state index in [-0.39, 0.29) is 5.88 Å². The number of benzene rings is 1. The molecular formula is C20H18N2O4S. The number of fused-ring (bicyclic) bond motifs is 1. The fraction of sp³-hybridized carbons (Fsp3) is 0.200. The van der Waals surface area contributed by atoms with Gasteiger partial charge in [-0.3, -0.25) is 0 Å². The number of hydrogen-bond acceptors (Lipinski definition) is 7. The van der Waals surface area contributed by atoms with Gasteiger partial charge in [0.1, 0.15) is 29.6 Å². The third-order valence-electron chi connectivity index (χ3n) is 4.19. The van der Waals surface area contributed by atoms with Gasteiger partial charge in [-0.25, -0.2) is 4.79 Å². The Morgan fingerprint density at radius 3 is 2.74 bits per heavy atom. The zero-order valence-electron chi connectivity index (χ0n) is 14.9. The van der Waals surface area contributed by atoms with Gasteiger partial charge in [0.05, 0.1) is 17.9 Å². The molecule has 6 nitrogen and oxygen atoms in total. The molecule has 0 unspecified atom stereocenters. The molecule has 0 amide bonds. The number of allylic oxidation sites excluding steroid dienone is 1. The fourth-order valence-corrected chi connectivity index (χ4v) is 4.18. The Morgan fingerprint density at radius 2 is 2.15 bits per heavy atom. The van der Waals surface area contributed by atoms with E-state index in [9.17, 15) is 10.1 Å². The number of carbonyl (C=O) groups excluding carboxylic acids is 1. The van der Waals surface area contributed by atoms with Gasteiger partial charge in [0, 0.05) is 4.88 Å². The van der Waals surface area contributed by atoms with Crippen molar-refractivity contribution in [1.29, 1.82) is 5.26 Å². The lowest BCUT2D eigenvalue weighted by molar-refractivity contribution is 0.0597. The molecule has 0 fully saturated rings. The van der Waals surface area contributed by atoms with Crippen LogP contribution >= 0.6 is 11.3 Å². The van der Waals surface area contributed by atoms with E-state index in [0.29, 0.717) is 29.2 Å². The Labute approximate surface area is 161 Å². The molecule has 0 saturated heterocycles. The number of aryl methyl sites for hydroxylation is 1. The highest BCUT2D eigenvalue weighted by molar-refractivity contribution is 7.12. The first-order valence-corrected chi connectivity index (χ1v) is 8.96. The van der Waals surface area contributed by atoms with Gasteiger partial charge in [-0.2, -0.15) is 5.26 Å². The minimum Gasteiger partial charge on any atom is -0.490 e. The molecule has 2 aromatic rings. The van der Waals surface area contributed by atoms with Crippen LogP contribution in [0.5, 0.6) is 11.5 Å². The van der Waals surface area contributed by atoms with Crippen molar-refractivity contribution in [3.8, 4) is 17.6 Å². The number of thiophene rings is 1. The minimum absolute atomic E-state index is 0.00932. The summed E-state index contributed by atoms with van der Waals surface area (Å²) in [6, 6.07) is 9.52. The molecule has 0 saturated carbocycles. The summed E-state index contributed by atoms with van der Waals surface area (Å²) in [7, 11) is 1.31. The average molecular weight is 382 g/mol. The van der Waals surface area contributed by atoms with E-state index < -0.39 is 11.9 Å². The van der Waals surface area contributed by atoms with Gasteiger partial charge in [-0.15, -0.1) is 11.3 Å². The lowest BCUT2D eigenvalue weighted by Crippen LogP contribution is -2.21. The Kier molecular flexibility index (Phi) is 5.19. The molecule has 138 valence electrons. The maximum absolute atomic E-state index is 12.2. The molecule has 2 heterocycles. The topological polar surface area (TPSA) is 94.6 Å². The maximum atomic E-state index is 12.2. The van der Waals surface area contributed by atoms with Gasteiger partial charge in [-0.1, -0.05) is 24.8 Å². The van der Waals surface area contributed by atoms with Crippen molar-refractivity contribution in [2.75, 3.05) is 13.7 Å². The summed E-state index contributed by atoms with van der Waals surface area (Å²) < 4.78 is 16.0.